The van der Waals surface area contributed by atoms with E-state index in [-0.39, 0.29) is 19.1 Å². The van der Waals surface area contributed by atoms with Crippen LogP contribution in [0.4, 0.5) is 0 Å². The van der Waals surface area contributed by atoms with Gasteiger partial charge in [0.2, 0.25) is 5.91 Å². The van der Waals surface area contributed by atoms with Crippen molar-refractivity contribution in [2.24, 2.45) is 0 Å². The molecule has 1 atom stereocenters. The van der Waals surface area contributed by atoms with E-state index >= 15 is 0 Å². The number of nitrogens with zero attached hydrogens (tertiary/aromatic N) is 3. The van der Waals surface area contributed by atoms with Crippen LogP contribution in [-0.4, -0.2) is 57.5 Å². The molecule has 136 valence electrons. The number of aryl methyl sites for hydroxylation is 1. The summed E-state index contributed by atoms with van der Waals surface area (Å²) >= 11 is 0. The molecule has 3 rings (SSSR count). The predicted molar refractivity (Wildman–Crippen MR) is 96.0 cm³/mol. The van der Waals surface area contributed by atoms with Crippen LogP contribution in [0.2, 0.25) is 0 Å². The lowest BCUT2D eigenvalue weighted by atomic mass is 10.1. The molecule has 7 nitrogen and oxygen atoms in total. The Labute approximate surface area is 151 Å². The quantitative estimate of drug-likeness (QED) is 0.846. The fourth-order valence-electron chi connectivity index (χ4n) is 2.98. The van der Waals surface area contributed by atoms with Crippen LogP contribution in [0.3, 0.4) is 0 Å². The number of hydrogen-bond acceptors (Lipinski definition) is 4. The van der Waals surface area contributed by atoms with Gasteiger partial charge in [-0.1, -0.05) is 18.2 Å². The minimum Gasteiger partial charge on any atom is -0.479 e. The molecule has 1 unspecified atom stereocenters. The van der Waals surface area contributed by atoms with Crippen molar-refractivity contribution in [3.05, 3.63) is 53.4 Å². The van der Waals surface area contributed by atoms with Crippen molar-refractivity contribution < 1.29 is 19.4 Å². The normalized spacial score (nSPS) is 17.6. The third-order valence-corrected chi connectivity index (χ3v) is 4.39. The fourth-order valence-corrected chi connectivity index (χ4v) is 2.98. The molecule has 7 heteroatoms. The lowest BCUT2D eigenvalue weighted by Gasteiger charge is -2.30. The van der Waals surface area contributed by atoms with Gasteiger partial charge in [0.05, 0.1) is 24.5 Å². The monoisotopic (exact) mass is 355 g/mol. The molecule has 1 aromatic carbocycles. The second-order valence-corrected chi connectivity index (χ2v) is 6.15. The zero-order valence-electron chi connectivity index (χ0n) is 14.8. The molecule has 0 spiro atoms. The number of para-hydroxylation sites is 1. The first kappa shape index (κ1) is 17.9. The third-order valence-electron chi connectivity index (χ3n) is 4.39. The van der Waals surface area contributed by atoms with Crippen LogP contribution in [-0.2, 0) is 14.3 Å². The Balaban J connectivity index is 1.77. The van der Waals surface area contributed by atoms with Gasteiger partial charge in [-0.2, -0.15) is 5.10 Å². The molecule has 0 bridgehead atoms. The van der Waals surface area contributed by atoms with E-state index in [0.717, 1.165) is 22.6 Å². The van der Waals surface area contributed by atoms with Gasteiger partial charge >= 0.3 is 5.97 Å². The maximum Gasteiger partial charge on any atom is 0.334 e. The summed E-state index contributed by atoms with van der Waals surface area (Å²) in [4.78, 5) is 24.9. The van der Waals surface area contributed by atoms with Crippen molar-refractivity contribution in [2.45, 2.75) is 20.0 Å². The molecular weight excluding hydrogens is 334 g/mol. The molecule has 0 saturated carbocycles. The van der Waals surface area contributed by atoms with Gasteiger partial charge in [0.15, 0.2) is 6.10 Å². The van der Waals surface area contributed by atoms with Crippen LogP contribution in [0.25, 0.3) is 11.8 Å². The van der Waals surface area contributed by atoms with Gasteiger partial charge in [-0.15, -0.1) is 0 Å². The average Bonchev–Trinajstić information content (AvgIpc) is 2.94. The van der Waals surface area contributed by atoms with Gasteiger partial charge in [-0.3, -0.25) is 4.79 Å². The van der Waals surface area contributed by atoms with E-state index in [2.05, 4.69) is 5.10 Å². The number of morpholine rings is 1. The zero-order valence-corrected chi connectivity index (χ0v) is 14.8. The number of carboxylic acids is 1. The van der Waals surface area contributed by atoms with Crippen LogP contribution in [0, 0.1) is 13.8 Å². The summed E-state index contributed by atoms with van der Waals surface area (Å²) < 4.78 is 6.98. The molecule has 0 radical (unpaired) electrons. The summed E-state index contributed by atoms with van der Waals surface area (Å²) in [7, 11) is 0. The number of carbonyl (C=O) groups excluding carboxylic acids is 1. The van der Waals surface area contributed by atoms with E-state index in [1.807, 2.05) is 48.9 Å². The van der Waals surface area contributed by atoms with Crippen molar-refractivity contribution >= 4 is 18.0 Å². The molecule has 2 aromatic rings. The number of amides is 1. The van der Waals surface area contributed by atoms with Crippen LogP contribution in [0.5, 0.6) is 0 Å². The van der Waals surface area contributed by atoms with Gasteiger partial charge in [-0.25, -0.2) is 9.48 Å². The lowest BCUT2D eigenvalue weighted by Crippen LogP contribution is -2.48. The van der Waals surface area contributed by atoms with Crippen molar-refractivity contribution in [1.29, 1.82) is 0 Å². The van der Waals surface area contributed by atoms with Crippen molar-refractivity contribution in [1.82, 2.24) is 14.7 Å². The van der Waals surface area contributed by atoms with Crippen LogP contribution in [0.15, 0.2) is 36.4 Å². The highest BCUT2D eigenvalue weighted by atomic mass is 16.5. The highest BCUT2D eigenvalue weighted by Crippen LogP contribution is 2.19. The number of carbonyl (C=O) groups is 2. The minimum atomic E-state index is -1.05. The second-order valence-electron chi connectivity index (χ2n) is 6.15. The van der Waals surface area contributed by atoms with E-state index in [1.165, 1.54) is 11.0 Å². The third kappa shape index (κ3) is 3.67. The summed E-state index contributed by atoms with van der Waals surface area (Å²) in [6, 6.07) is 9.78. The van der Waals surface area contributed by atoms with Crippen molar-refractivity contribution in [3.8, 4) is 5.69 Å². The fraction of sp³-hybridized carbons (Fsp3) is 0.316. The Morgan fingerprint density at radius 2 is 2.00 bits per heavy atom. The number of benzene rings is 1. The minimum absolute atomic E-state index is 0.0553. The first-order valence-corrected chi connectivity index (χ1v) is 8.40. The number of ether oxygens (including phenoxy) is 1. The first-order chi connectivity index (χ1) is 12.5. The number of aliphatic carboxylic acids is 1. The maximum atomic E-state index is 12.4. The van der Waals surface area contributed by atoms with Gasteiger partial charge in [0, 0.05) is 23.9 Å². The largest absolute Gasteiger partial charge is 0.479 e. The molecule has 26 heavy (non-hydrogen) atoms. The Morgan fingerprint density at radius 1 is 1.27 bits per heavy atom. The van der Waals surface area contributed by atoms with E-state index in [9.17, 15) is 9.59 Å². The first-order valence-electron chi connectivity index (χ1n) is 8.40. The van der Waals surface area contributed by atoms with Crippen molar-refractivity contribution in [2.75, 3.05) is 19.7 Å². The second kappa shape index (κ2) is 7.53. The SMILES string of the molecule is Cc1nn(-c2ccccc2)c(C)c1C=CC(=O)N1CCOC(C(=O)O)C1. The zero-order chi connectivity index (χ0) is 18.7. The molecule has 0 aliphatic carbocycles. The number of rotatable bonds is 4. The molecule has 1 aromatic heterocycles. The molecule has 1 aliphatic rings. The molecule has 1 fully saturated rings. The van der Waals surface area contributed by atoms with Gasteiger partial charge in [0.25, 0.3) is 0 Å². The molecule has 1 saturated heterocycles. The van der Waals surface area contributed by atoms with E-state index < -0.39 is 12.1 Å². The number of carboxylic acid groups (broad SMARTS) is 1. The van der Waals surface area contributed by atoms with Gasteiger partial charge in [-0.05, 0) is 32.1 Å². The maximum absolute atomic E-state index is 12.4. The molecule has 2 heterocycles. The Bertz CT molecular complexity index is 842. The van der Waals surface area contributed by atoms with E-state index in [0.29, 0.717) is 6.54 Å². The van der Waals surface area contributed by atoms with E-state index in [1.54, 1.807) is 6.08 Å². The smallest absolute Gasteiger partial charge is 0.334 e. The standard InChI is InChI=1S/C19H21N3O4/c1-13-16(14(2)22(20-13)15-6-4-3-5-7-15)8-9-18(23)21-10-11-26-17(12-21)19(24)25/h3-9,17H,10-12H2,1-2H3,(H,24,25). The Kier molecular flexibility index (Phi) is 5.18. The van der Waals surface area contributed by atoms with Crippen molar-refractivity contribution in [3.63, 3.8) is 0 Å². The Morgan fingerprint density at radius 3 is 2.69 bits per heavy atom. The van der Waals surface area contributed by atoms with E-state index in [4.69, 9.17) is 9.84 Å². The molecular formula is C19H21N3O4. The summed E-state index contributed by atoms with van der Waals surface area (Å²) in [6.45, 7) is 4.51. The Hall–Kier alpha value is -2.93. The molecule has 1 amide bonds. The lowest BCUT2D eigenvalue weighted by molar-refractivity contribution is -0.158. The van der Waals surface area contributed by atoms with Crippen LogP contribution in [0.1, 0.15) is 17.0 Å². The summed E-state index contributed by atoms with van der Waals surface area (Å²) in [5.74, 6) is -1.28. The summed E-state index contributed by atoms with van der Waals surface area (Å²) in [6.07, 6.45) is 2.24. The summed E-state index contributed by atoms with van der Waals surface area (Å²) in [5.41, 5.74) is 3.59. The predicted octanol–water partition coefficient (Wildman–Crippen LogP) is 1.81. The molecule has 1 aliphatic heterocycles. The van der Waals surface area contributed by atoms with Crippen LogP contribution < -0.4 is 0 Å². The topological polar surface area (TPSA) is 84.7 Å². The average molecular weight is 355 g/mol. The van der Waals surface area contributed by atoms with Crippen LogP contribution >= 0.6 is 0 Å². The number of hydrogen-bond donors (Lipinski definition) is 1. The molecule has 1 N–H and O–H groups in total. The summed E-state index contributed by atoms with van der Waals surface area (Å²) in [5, 5.41) is 13.6. The highest BCUT2D eigenvalue weighted by molar-refractivity contribution is 5.92. The van der Waals surface area contributed by atoms with Gasteiger partial charge in [0.1, 0.15) is 0 Å². The number of aromatic nitrogens is 2. The highest BCUT2D eigenvalue weighted by Gasteiger charge is 2.28. The van der Waals surface area contributed by atoms with Gasteiger partial charge < -0.3 is 14.7 Å².